The van der Waals surface area contributed by atoms with E-state index in [0.717, 1.165) is 47.6 Å². The Morgan fingerprint density at radius 3 is 2.65 bits per heavy atom. The van der Waals surface area contributed by atoms with Crippen molar-refractivity contribution in [3.63, 3.8) is 0 Å². The number of hydrogen-bond donors (Lipinski definition) is 1. The first-order chi connectivity index (χ1) is 12.4. The molecule has 0 spiro atoms. The molecule has 2 aromatic heterocycles. The van der Waals surface area contributed by atoms with Crippen molar-refractivity contribution in [2.24, 2.45) is 0 Å². The minimum atomic E-state index is -0.183. The molecule has 0 saturated heterocycles. The molecule has 2 heterocycles. The lowest BCUT2D eigenvalue weighted by atomic mass is 10.1. The molecular formula is C19H28N4O3. The first-order valence-electron chi connectivity index (χ1n) is 9.08. The van der Waals surface area contributed by atoms with E-state index < -0.39 is 0 Å². The summed E-state index contributed by atoms with van der Waals surface area (Å²) in [5.74, 6) is -0.147. The Bertz CT molecular complexity index is 783. The maximum atomic E-state index is 12.1. The highest BCUT2D eigenvalue weighted by molar-refractivity contribution is 5.76. The number of carbonyl (C=O) groups excluding carboxylic acids is 2. The summed E-state index contributed by atoms with van der Waals surface area (Å²) in [6, 6.07) is 1.96. The fraction of sp³-hybridized carbons (Fsp3) is 0.579. The molecule has 7 heteroatoms. The number of aromatic nitrogens is 3. The predicted octanol–water partition coefficient (Wildman–Crippen LogP) is 2.44. The zero-order valence-electron chi connectivity index (χ0n) is 16.1. The van der Waals surface area contributed by atoms with Gasteiger partial charge in [-0.2, -0.15) is 5.10 Å². The Hall–Kier alpha value is -2.44. The van der Waals surface area contributed by atoms with Crippen LogP contribution in [-0.4, -0.2) is 40.1 Å². The van der Waals surface area contributed by atoms with Gasteiger partial charge in [-0.05, 0) is 45.6 Å². The summed E-state index contributed by atoms with van der Waals surface area (Å²) in [7, 11) is 1.40. The summed E-state index contributed by atoms with van der Waals surface area (Å²) in [5.41, 5.74) is 4.84. The van der Waals surface area contributed by atoms with Crippen LogP contribution in [0.2, 0.25) is 0 Å². The quantitative estimate of drug-likeness (QED) is 0.548. The van der Waals surface area contributed by atoms with Gasteiger partial charge in [0.25, 0.3) is 0 Å². The third-order valence-corrected chi connectivity index (χ3v) is 4.50. The van der Waals surface area contributed by atoms with Crippen molar-refractivity contribution in [3.8, 4) is 0 Å². The van der Waals surface area contributed by atoms with Crippen molar-refractivity contribution in [2.75, 3.05) is 13.7 Å². The van der Waals surface area contributed by atoms with E-state index in [0.29, 0.717) is 25.8 Å². The second-order valence-corrected chi connectivity index (χ2v) is 6.55. The van der Waals surface area contributed by atoms with E-state index in [-0.39, 0.29) is 11.9 Å². The first-order valence-corrected chi connectivity index (χ1v) is 9.08. The Morgan fingerprint density at radius 1 is 1.15 bits per heavy atom. The number of ether oxygens (including phenoxy) is 1. The number of aryl methyl sites for hydroxylation is 3. The summed E-state index contributed by atoms with van der Waals surface area (Å²) in [6.45, 7) is 6.57. The molecule has 2 rings (SSSR count). The number of rotatable bonds is 9. The highest BCUT2D eigenvalue weighted by atomic mass is 16.5. The lowest BCUT2D eigenvalue weighted by Crippen LogP contribution is -2.25. The van der Waals surface area contributed by atoms with Crippen LogP contribution < -0.4 is 5.32 Å². The van der Waals surface area contributed by atoms with Gasteiger partial charge in [0.2, 0.25) is 5.91 Å². The van der Waals surface area contributed by atoms with Gasteiger partial charge in [-0.1, -0.05) is 6.42 Å². The third-order valence-electron chi connectivity index (χ3n) is 4.50. The molecule has 142 valence electrons. The van der Waals surface area contributed by atoms with Gasteiger partial charge in [-0.15, -0.1) is 0 Å². The van der Waals surface area contributed by atoms with E-state index in [9.17, 15) is 9.59 Å². The monoisotopic (exact) mass is 360 g/mol. The zero-order chi connectivity index (χ0) is 19.1. The van der Waals surface area contributed by atoms with Crippen LogP contribution in [0.5, 0.6) is 0 Å². The molecular weight excluding hydrogens is 332 g/mol. The lowest BCUT2D eigenvalue weighted by Gasteiger charge is -2.11. The Balaban J connectivity index is 1.77. The molecule has 1 amide bonds. The van der Waals surface area contributed by atoms with E-state index in [1.807, 2.05) is 31.4 Å². The normalized spacial score (nSPS) is 10.9. The standard InChI is InChI=1S/C19H28N4O3/c1-13-12-17-21-14(2)16(15(3)23(17)22-13)9-10-18(24)20-11-7-5-6-8-19(25)26-4/h12H,5-11H2,1-4H3,(H,20,24). The lowest BCUT2D eigenvalue weighted by molar-refractivity contribution is -0.140. The van der Waals surface area contributed by atoms with Gasteiger partial charge in [0.15, 0.2) is 5.65 Å². The van der Waals surface area contributed by atoms with Crippen LogP contribution in [0.1, 0.15) is 54.7 Å². The Morgan fingerprint density at radius 2 is 1.92 bits per heavy atom. The van der Waals surface area contributed by atoms with Gasteiger partial charge >= 0.3 is 5.97 Å². The van der Waals surface area contributed by atoms with Gasteiger partial charge < -0.3 is 10.1 Å². The third kappa shape index (κ3) is 5.28. The maximum absolute atomic E-state index is 12.1. The molecule has 7 nitrogen and oxygen atoms in total. The van der Waals surface area contributed by atoms with E-state index in [4.69, 9.17) is 0 Å². The molecule has 0 bridgehead atoms. The average molecular weight is 360 g/mol. The molecule has 0 atom stereocenters. The fourth-order valence-corrected chi connectivity index (χ4v) is 3.03. The molecule has 26 heavy (non-hydrogen) atoms. The molecule has 0 unspecified atom stereocenters. The number of carbonyl (C=O) groups is 2. The van der Waals surface area contributed by atoms with Gasteiger partial charge in [-0.25, -0.2) is 9.50 Å². The maximum Gasteiger partial charge on any atom is 0.305 e. The van der Waals surface area contributed by atoms with Crippen molar-refractivity contribution >= 4 is 17.5 Å². The smallest absolute Gasteiger partial charge is 0.305 e. The number of methoxy groups -OCH3 is 1. The molecule has 0 aromatic carbocycles. The minimum absolute atomic E-state index is 0.0357. The van der Waals surface area contributed by atoms with Crippen LogP contribution in [0.15, 0.2) is 6.07 Å². The number of fused-ring (bicyclic) bond motifs is 1. The number of hydrogen-bond acceptors (Lipinski definition) is 5. The van der Waals surface area contributed by atoms with E-state index in [1.54, 1.807) is 0 Å². The SMILES string of the molecule is COC(=O)CCCCCNC(=O)CCc1c(C)nc2cc(C)nn2c1C. The van der Waals surface area contributed by atoms with E-state index >= 15 is 0 Å². The van der Waals surface area contributed by atoms with Gasteiger partial charge in [0.05, 0.1) is 12.8 Å². The molecule has 1 N–H and O–H groups in total. The van der Waals surface area contributed by atoms with Crippen LogP contribution in [0.4, 0.5) is 0 Å². The second kappa shape index (κ2) is 9.31. The van der Waals surface area contributed by atoms with Crippen molar-refractivity contribution in [3.05, 3.63) is 28.7 Å². The summed E-state index contributed by atoms with van der Waals surface area (Å²) in [4.78, 5) is 27.7. The van der Waals surface area contributed by atoms with Gasteiger partial charge in [0.1, 0.15) is 0 Å². The highest BCUT2D eigenvalue weighted by Crippen LogP contribution is 2.17. The topological polar surface area (TPSA) is 85.6 Å². The van der Waals surface area contributed by atoms with Gasteiger partial charge in [0, 0.05) is 36.8 Å². The van der Waals surface area contributed by atoms with Crippen LogP contribution in [0.25, 0.3) is 5.65 Å². The molecule has 0 aliphatic heterocycles. The number of esters is 1. The van der Waals surface area contributed by atoms with E-state index in [1.165, 1.54) is 7.11 Å². The summed E-state index contributed by atoms with van der Waals surface area (Å²) in [6.07, 6.45) is 4.06. The highest BCUT2D eigenvalue weighted by Gasteiger charge is 2.12. The fourth-order valence-electron chi connectivity index (χ4n) is 3.03. The second-order valence-electron chi connectivity index (χ2n) is 6.55. The zero-order valence-corrected chi connectivity index (χ0v) is 16.1. The van der Waals surface area contributed by atoms with Crippen molar-refractivity contribution in [1.29, 1.82) is 0 Å². The number of unbranched alkanes of at least 4 members (excludes halogenated alkanes) is 2. The summed E-state index contributed by atoms with van der Waals surface area (Å²) in [5, 5.41) is 7.40. The van der Waals surface area contributed by atoms with Crippen molar-refractivity contribution in [1.82, 2.24) is 19.9 Å². The van der Waals surface area contributed by atoms with Crippen LogP contribution in [0.3, 0.4) is 0 Å². The average Bonchev–Trinajstić information content (AvgIpc) is 2.97. The largest absolute Gasteiger partial charge is 0.469 e. The predicted molar refractivity (Wildman–Crippen MR) is 99.0 cm³/mol. The minimum Gasteiger partial charge on any atom is -0.469 e. The van der Waals surface area contributed by atoms with Crippen LogP contribution in [-0.2, 0) is 20.7 Å². The molecule has 2 aromatic rings. The number of amides is 1. The number of nitrogens with zero attached hydrogens (tertiary/aromatic N) is 3. The first kappa shape index (κ1) is 19.9. The Labute approximate surface area is 154 Å². The van der Waals surface area contributed by atoms with E-state index in [2.05, 4.69) is 20.1 Å². The number of nitrogens with one attached hydrogen (secondary N) is 1. The Kier molecular flexibility index (Phi) is 7.12. The molecule has 0 aliphatic carbocycles. The van der Waals surface area contributed by atoms with Crippen LogP contribution in [0, 0.1) is 20.8 Å². The van der Waals surface area contributed by atoms with Crippen LogP contribution >= 0.6 is 0 Å². The molecule has 0 saturated carbocycles. The molecule has 0 aliphatic rings. The molecule has 0 radical (unpaired) electrons. The van der Waals surface area contributed by atoms with Gasteiger partial charge in [-0.3, -0.25) is 9.59 Å². The summed E-state index contributed by atoms with van der Waals surface area (Å²) < 4.78 is 6.44. The van der Waals surface area contributed by atoms with Crippen molar-refractivity contribution < 1.29 is 14.3 Å². The summed E-state index contributed by atoms with van der Waals surface area (Å²) >= 11 is 0. The van der Waals surface area contributed by atoms with Crippen molar-refractivity contribution in [2.45, 2.75) is 59.3 Å². The molecule has 0 fully saturated rings.